The van der Waals surface area contributed by atoms with E-state index in [4.69, 9.17) is 14.2 Å². The van der Waals surface area contributed by atoms with Crippen molar-refractivity contribution in [3.63, 3.8) is 0 Å². The van der Waals surface area contributed by atoms with E-state index in [1.807, 2.05) is 12.1 Å². The van der Waals surface area contributed by atoms with Gasteiger partial charge in [-0.15, -0.1) is 24.0 Å². The second-order valence-electron chi connectivity index (χ2n) is 5.92. The van der Waals surface area contributed by atoms with E-state index >= 15 is 0 Å². The SMILES string of the molecule is CN=C(NCCCOC1CCOC1)NCc1cc(C)cc(OC)c1.I. The van der Waals surface area contributed by atoms with E-state index in [2.05, 4.69) is 28.6 Å². The molecule has 1 aliphatic rings. The van der Waals surface area contributed by atoms with Crippen LogP contribution in [-0.4, -0.2) is 52.6 Å². The summed E-state index contributed by atoms with van der Waals surface area (Å²) < 4.78 is 16.3. The van der Waals surface area contributed by atoms with Crippen molar-refractivity contribution in [3.05, 3.63) is 29.3 Å². The van der Waals surface area contributed by atoms with Gasteiger partial charge in [-0.25, -0.2) is 0 Å². The van der Waals surface area contributed by atoms with Gasteiger partial charge < -0.3 is 24.8 Å². The normalized spacial score (nSPS) is 17.1. The highest BCUT2D eigenvalue weighted by Gasteiger charge is 2.15. The molecule has 142 valence electrons. The first kappa shape index (κ1) is 22.0. The number of nitrogens with one attached hydrogen (secondary N) is 2. The lowest BCUT2D eigenvalue weighted by atomic mass is 10.1. The molecule has 7 heteroatoms. The number of ether oxygens (including phenoxy) is 3. The molecule has 1 aliphatic heterocycles. The van der Waals surface area contributed by atoms with Crippen LogP contribution in [0.1, 0.15) is 24.0 Å². The van der Waals surface area contributed by atoms with Crippen molar-refractivity contribution < 1.29 is 14.2 Å². The lowest BCUT2D eigenvalue weighted by Gasteiger charge is -2.14. The summed E-state index contributed by atoms with van der Waals surface area (Å²) in [5, 5.41) is 6.62. The summed E-state index contributed by atoms with van der Waals surface area (Å²) in [6.07, 6.45) is 2.23. The smallest absolute Gasteiger partial charge is 0.191 e. The molecular formula is C18H30IN3O3. The van der Waals surface area contributed by atoms with Gasteiger partial charge >= 0.3 is 0 Å². The monoisotopic (exact) mass is 463 g/mol. The third-order valence-corrected chi connectivity index (χ3v) is 3.88. The van der Waals surface area contributed by atoms with E-state index in [-0.39, 0.29) is 30.1 Å². The van der Waals surface area contributed by atoms with E-state index < -0.39 is 0 Å². The van der Waals surface area contributed by atoms with Gasteiger partial charge in [-0.05, 0) is 43.0 Å². The average Bonchev–Trinajstić information content (AvgIpc) is 3.10. The minimum absolute atomic E-state index is 0. The van der Waals surface area contributed by atoms with Gasteiger partial charge in [-0.1, -0.05) is 6.07 Å². The molecule has 2 N–H and O–H groups in total. The summed E-state index contributed by atoms with van der Waals surface area (Å²) in [7, 11) is 3.46. The largest absolute Gasteiger partial charge is 0.497 e. The maximum absolute atomic E-state index is 5.75. The molecule has 0 saturated carbocycles. The summed E-state index contributed by atoms with van der Waals surface area (Å²) in [5.41, 5.74) is 2.35. The van der Waals surface area contributed by atoms with Crippen molar-refractivity contribution in [1.82, 2.24) is 10.6 Å². The Balaban J connectivity index is 0.00000312. The lowest BCUT2D eigenvalue weighted by Crippen LogP contribution is -2.37. The van der Waals surface area contributed by atoms with Crippen LogP contribution in [0.4, 0.5) is 0 Å². The van der Waals surface area contributed by atoms with Gasteiger partial charge in [0.2, 0.25) is 0 Å². The average molecular weight is 463 g/mol. The van der Waals surface area contributed by atoms with Crippen LogP contribution in [0, 0.1) is 6.92 Å². The highest BCUT2D eigenvalue weighted by atomic mass is 127. The Hall–Kier alpha value is -1.06. The van der Waals surface area contributed by atoms with Crippen LogP contribution in [0.25, 0.3) is 0 Å². The fourth-order valence-electron chi connectivity index (χ4n) is 2.62. The van der Waals surface area contributed by atoms with Gasteiger partial charge in [0.15, 0.2) is 5.96 Å². The second-order valence-corrected chi connectivity index (χ2v) is 5.92. The molecule has 1 atom stereocenters. The van der Waals surface area contributed by atoms with Gasteiger partial charge in [0.25, 0.3) is 0 Å². The van der Waals surface area contributed by atoms with Crippen molar-refractivity contribution in [2.75, 3.05) is 40.5 Å². The Kier molecular flexibility index (Phi) is 10.8. The third-order valence-electron chi connectivity index (χ3n) is 3.88. The summed E-state index contributed by atoms with van der Waals surface area (Å²) >= 11 is 0. The van der Waals surface area contributed by atoms with Gasteiger partial charge in [0, 0.05) is 33.4 Å². The first-order chi connectivity index (χ1) is 11.7. The predicted molar refractivity (Wildman–Crippen MR) is 111 cm³/mol. The quantitative estimate of drug-likeness (QED) is 0.269. The molecule has 1 unspecified atom stereocenters. The van der Waals surface area contributed by atoms with Crippen molar-refractivity contribution in [2.45, 2.75) is 32.4 Å². The summed E-state index contributed by atoms with van der Waals surface area (Å²) in [4.78, 5) is 4.25. The Morgan fingerprint density at radius 2 is 2.16 bits per heavy atom. The van der Waals surface area contributed by atoms with Gasteiger partial charge in [-0.2, -0.15) is 0 Å². The highest BCUT2D eigenvalue weighted by Crippen LogP contribution is 2.16. The Morgan fingerprint density at radius 1 is 1.32 bits per heavy atom. The fraction of sp³-hybridized carbons (Fsp3) is 0.611. The fourth-order valence-corrected chi connectivity index (χ4v) is 2.62. The molecule has 1 saturated heterocycles. The van der Waals surface area contributed by atoms with E-state index in [0.717, 1.165) is 50.9 Å². The predicted octanol–water partition coefficient (Wildman–Crippen LogP) is 2.48. The van der Waals surface area contributed by atoms with E-state index in [9.17, 15) is 0 Å². The zero-order valence-electron chi connectivity index (χ0n) is 15.3. The van der Waals surface area contributed by atoms with Gasteiger partial charge in [0.05, 0.1) is 19.8 Å². The van der Waals surface area contributed by atoms with Crippen LogP contribution < -0.4 is 15.4 Å². The molecule has 6 nitrogen and oxygen atoms in total. The zero-order valence-corrected chi connectivity index (χ0v) is 17.7. The van der Waals surface area contributed by atoms with Crippen molar-refractivity contribution in [1.29, 1.82) is 0 Å². The number of halogens is 1. The number of methoxy groups -OCH3 is 1. The number of nitrogens with zero attached hydrogens (tertiary/aromatic N) is 1. The van der Waals surface area contributed by atoms with Crippen LogP contribution in [0.3, 0.4) is 0 Å². The Labute approximate surface area is 167 Å². The first-order valence-corrected chi connectivity index (χ1v) is 8.49. The molecule has 1 aromatic carbocycles. The standard InChI is InChI=1S/C18H29N3O3.HI/c1-14-9-15(11-17(10-14)22-3)12-21-18(19-2)20-6-4-7-24-16-5-8-23-13-16;/h9-11,16H,4-8,12-13H2,1-3H3,(H2,19,20,21);1H. The van der Waals surface area contributed by atoms with Crippen LogP contribution in [0.5, 0.6) is 5.75 Å². The maximum atomic E-state index is 5.75. The van der Waals surface area contributed by atoms with Crippen LogP contribution in [0.15, 0.2) is 23.2 Å². The van der Waals surface area contributed by atoms with Crippen molar-refractivity contribution in [2.24, 2.45) is 4.99 Å². The first-order valence-electron chi connectivity index (χ1n) is 8.49. The topological polar surface area (TPSA) is 64.1 Å². The van der Waals surface area contributed by atoms with E-state index in [0.29, 0.717) is 6.54 Å². The molecule has 1 heterocycles. The summed E-state index contributed by atoms with van der Waals surface area (Å²) in [6.45, 7) is 5.89. The minimum atomic E-state index is 0. The molecule has 0 amide bonds. The molecule has 1 fully saturated rings. The van der Waals surface area contributed by atoms with Crippen molar-refractivity contribution >= 4 is 29.9 Å². The molecule has 0 aliphatic carbocycles. The second kappa shape index (κ2) is 12.3. The lowest BCUT2D eigenvalue weighted by molar-refractivity contribution is 0.0420. The van der Waals surface area contributed by atoms with Gasteiger partial charge in [0.1, 0.15) is 5.75 Å². The van der Waals surface area contributed by atoms with Crippen LogP contribution in [-0.2, 0) is 16.0 Å². The van der Waals surface area contributed by atoms with E-state index in [1.165, 1.54) is 11.1 Å². The number of aliphatic imine (C=N–C) groups is 1. The summed E-state index contributed by atoms with van der Waals surface area (Å²) in [6, 6.07) is 6.19. The molecule has 1 aromatic rings. The molecule has 2 rings (SSSR count). The highest BCUT2D eigenvalue weighted by molar-refractivity contribution is 14.0. The molecule has 25 heavy (non-hydrogen) atoms. The molecular weight excluding hydrogens is 433 g/mol. The van der Waals surface area contributed by atoms with Crippen LogP contribution in [0.2, 0.25) is 0 Å². The summed E-state index contributed by atoms with van der Waals surface area (Å²) in [5.74, 6) is 1.67. The zero-order chi connectivity index (χ0) is 17.2. The number of benzene rings is 1. The Bertz CT molecular complexity index is 534. The molecule has 0 bridgehead atoms. The van der Waals surface area contributed by atoms with E-state index in [1.54, 1.807) is 14.2 Å². The third kappa shape index (κ3) is 8.24. The minimum Gasteiger partial charge on any atom is -0.497 e. The van der Waals surface area contributed by atoms with Crippen LogP contribution >= 0.6 is 24.0 Å². The number of aryl methyl sites for hydroxylation is 1. The molecule has 0 spiro atoms. The Morgan fingerprint density at radius 3 is 2.84 bits per heavy atom. The maximum Gasteiger partial charge on any atom is 0.191 e. The van der Waals surface area contributed by atoms with Gasteiger partial charge in [-0.3, -0.25) is 4.99 Å². The number of rotatable bonds is 8. The number of hydrogen-bond donors (Lipinski definition) is 2. The molecule has 0 radical (unpaired) electrons. The number of hydrogen-bond acceptors (Lipinski definition) is 4. The van der Waals surface area contributed by atoms with Crippen molar-refractivity contribution in [3.8, 4) is 5.75 Å². The number of guanidine groups is 1. The molecule has 0 aromatic heterocycles.